The van der Waals surface area contributed by atoms with E-state index in [1.165, 1.54) is 0 Å². The number of hydrogen-bond acceptors (Lipinski definition) is 0. The Morgan fingerprint density at radius 2 is 0.218 bits per heavy atom. The fourth-order valence-corrected chi connectivity index (χ4v) is 10.4. The number of halogens is 40. The highest BCUT2D eigenvalue weighted by Crippen LogP contribution is 2.54. The van der Waals surface area contributed by atoms with Crippen molar-refractivity contribution in [2.45, 2.75) is 6.92 Å². The summed E-state index contributed by atoms with van der Waals surface area (Å²) < 4.78 is 628. The van der Waals surface area contributed by atoms with Gasteiger partial charge in [-0.05, 0) is 18.6 Å². The lowest BCUT2D eigenvalue weighted by molar-refractivity contribution is 0.379. The number of rotatable bonds is 9. The van der Waals surface area contributed by atoms with Crippen LogP contribution in [0.4, 0.5) is 176 Å². The van der Waals surface area contributed by atoms with Gasteiger partial charge in [0.25, 0.3) is 0 Å². The van der Waals surface area contributed by atoms with Crippen LogP contribution in [0.5, 0.6) is 0 Å². The van der Waals surface area contributed by atoms with Crippen molar-refractivity contribution in [3.05, 3.63) is 244 Å². The van der Waals surface area contributed by atoms with Crippen molar-refractivity contribution in [2.24, 2.45) is 0 Å². The fraction of sp³-hybridized carbons (Fsp3) is 0.0164. The molecule has 0 nitrogen and oxygen atoms in total. The summed E-state index contributed by atoms with van der Waals surface area (Å²) in [6.07, 6.45) is 0. The van der Waals surface area contributed by atoms with Gasteiger partial charge in [0.05, 0.1) is 83.5 Å². The predicted octanol–water partition coefficient (Wildman–Crippen LogP) is 22.6. The Labute approximate surface area is 526 Å². The van der Waals surface area contributed by atoms with Crippen molar-refractivity contribution >= 4 is 0 Å². The quantitative estimate of drug-likeness (QED) is 0.0768. The van der Waals surface area contributed by atoms with Crippen LogP contribution in [-0.4, -0.2) is 0 Å². The Kier molecular flexibility index (Phi) is 18.1. The van der Waals surface area contributed by atoms with E-state index >= 15 is 123 Å². The van der Waals surface area contributed by atoms with E-state index in [9.17, 15) is 52.7 Å². The van der Waals surface area contributed by atoms with Gasteiger partial charge in [-0.15, -0.1) is 0 Å². The SMILES string of the molecule is Cc1c(F)c(-c2c(F)c(-c3cc(-c4c(F)c(F)c(-c5c(F)c(F)c(F)c(F)c5F)c(F)c4F)c(F)c(-c4c(F)c(F)c(-c5c(F)c(F)c(F)c(F)c5F)c(F)c4F)c3F)c(F)c(-c3c(F)c(F)c(-c4c(F)c(F)c(F)c(F)c4F)c(F)c3F)c2F)c(F)c(F)c1-c1c(F)c(F)c(F)c(F)c1F. The zero-order valence-corrected chi connectivity index (χ0v) is 46.2. The molecule has 0 atom stereocenters. The van der Waals surface area contributed by atoms with Crippen LogP contribution < -0.4 is 0 Å². The van der Waals surface area contributed by atoms with Crippen LogP contribution in [0.2, 0.25) is 0 Å². The molecule has 10 aromatic carbocycles. The second-order valence-corrected chi connectivity index (χ2v) is 20.2. The lowest BCUT2D eigenvalue weighted by atomic mass is 9.84. The van der Waals surface area contributed by atoms with Crippen LogP contribution >= 0.6 is 0 Å². The summed E-state index contributed by atoms with van der Waals surface area (Å²) in [5.74, 6) is -142. The Morgan fingerprint density at radius 3 is 0.426 bits per heavy atom. The molecular formula is C61H4F40. The Hall–Kier alpha value is -10.6. The normalized spacial score (nSPS) is 11.8. The largest absolute Gasteiger partial charge is 0.206 e. The summed E-state index contributed by atoms with van der Waals surface area (Å²) in [6.45, 7) is -0.257. The smallest absolute Gasteiger partial charge is 0.200 e. The zero-order valence-electron chi connectivity index (χ0n) is 46.2. The average molecular weight is 1500 g/mol. The van der Waals surface area contributed by atoms with Crippen LogP contribution in [0.1, 0.15) is 5.56 Å². The molecule has 528 valence electrons. The Morgan fingerprint density at radius 1 is 0.109 bits per heavy atom. The van der Waals surface area contributed by atoms with E-state index in [1.807, 2.05) is 0 Å². The second-order valence-electron chi connectivity index (χ2n) is 20.2. The molecule has 0 saturated heterocycles. The molecule has 0 N–H and O–H groups in total. The van der Waals surface area contributed by atoms with Gasteiger partial charge in [-0.25, -0.2) is 176 Å². The molecule has 10 aromatic rings. The zero-order chi connectivity index (χ0) is 75.8. The highest BCUT2D eigenvalue weighted by atomic mass is 19.2. The van der Waals surface area contributed by atoms with Crippen LogP contribution in [-0.2, 0) is 0 Å². The van der Waals surface area contributed by atoms with Gasteiger partial charge in [-0.1, -0.05) is 0 Å². The van der Waals surface area contributed by atoms with E-state index in [4.69, 9.17) is 0 Å². The molecule has 0 aromatic heterocycles. The minimum absolute atomic E-state index is 0.257. The Bertz CT molecular complexity index is 5080. The molecule has 0 unspecified atom stereocenters. The van der Waals surface area contributed by atoms with Crippen molar-refractivity contribution in [3.8, 4) is 100 Å². The molecule has 0 amide bonds. The van der Waals surface area contributed by atoms with Gasteiger partial charge in [0.2, 0.25) is 23.3 Å². The van der Waals surface area contributed by atoms with E-state index < -0.39 is 344 Å². The predicted molar refractivity (Wildman–Crippen MR) is 258 cm³/mol. The van der Waals surface area contributed by atoms with Crippen LogP contribution in [0.15, 0.2) is 6.07 Å². The maximum atomic E-state index is 17.9. The van der Waals surface area contributed by atoms with Crippen molar-refractivity contribution in [1.82, 2.24) is 0 Å². The molecule has 0 bridgehead atoms. The molecule has 0 aliphatic rings. The third kappa shape index (κ3) is 9.99. The molecule has 0 aliphatic carbocycles. The van der Waals surface area contributed by atoms with E-state index in [-0.39, 0.29) is 6.92 Å². The number of hydrogen-bond donors (Lipinski definition) is 0. The first-order chi connectivity index (χ1) is 46.8. The molecule has 0 heterocycles. The molecule has 10 rings (SSSR count). The Balaban J connectivity index is 1.46. The van der Waals surface area contributed by atoms with Crippen LogP contribution in [0.25, 0.3) is 100 Å². The minimum Gasteiger partial charge on any atom is -0.206 e. The van der Waals surface area contributed by atoms with E-state index in [2.05, 4.69) is 0 Å². The average Bonchev–Trinajstić information content (AvgIpc) is 0.716. The summed E-state index contributed by atoms with van der Waals surface area (Å²) >= 11 is 0. The standard InChI is InChI=1S/C61H4F40/c1-3-6(9-42(82)50(90)58(98)51(91)43(9)83)28(68)31(71)10(22(3)62)12-25(65)7(26(66)13(27(12)67)15-36(76)40(80)18(41(81)37(15)77)21-48(88)56(96)61(101)57(97)49(21)89)4-2-5(8-29(69)32(72)16(33(73)30(8)70)19-44(84)52(92)59(99)53(93)45(19)85)24(64)11(23(4)63)14-34(74)38(78)17(39(79)35(14)75)20-46(86)54(94)60(100)55(95)47(20)87/h2H,1H3. The molecule has 0 saturated carbocycles. The topological polar surface area (TPSA) is 0 Å². The summed E-state index contributed by atoms with van der Waals surface area (Å²) in [6, 6.07) is -1.41. The highest BCUT2D eigenvalue weighted by molar-refractivity contribution is 5.91. The minimum atomic E-state index is -4.00. The van der Waals surface area contributed by atoms with Crippen molar-refractivity contribution < 1.29 is 176 Å². The van der Waals surface area contributed by atoms with Gasteiger partial charge in [0, 0.05) is 16.7 Å². The van der Waals surface area contributed by atoms with Crippen LogP contribution in [0.3, 0.4) is 0 Å². The molecule has 0 radical (unpaired) electrons. The van der Waals surface area contributed by atoms with E-state index in [0.29, 0.717) is 0 Å². The maximum absolute atomic E-state index is 17.9. The molecule has 101 heavy (non-hydrogen) atoms. The first-order valence-corrected chi connectivity index (χ1v) is 25.4. The fourth-order valence-electron chi connectivity index (χ4n) is 10.4. The van der Waals surface area contributed by atoms with Crippen LogP contribution in [0, 0.1) is 240 Å². The summed E-state index contributed by atoms with van der Waals surface area (Å²) in [5, 5.41) is 0. The van der Waals surface area contributed by atoms with Crippen molar-refractivity contribution in [3.63, 3.8) is 0 Å². The van der Waals surface area contributed by atoms with Gasteiger partial charge in [0.1, 0.15) is 34.9 Å². The first-order valence-electron chi connectivity index (χ1n) is 25.4. The van der Waals surface area contributed by atoms with Gasteiger partial charge in [-0.2, -0.15) is 0 Å². The molecule has 0 aliphatic heterocycles. The second kappa shape index (κ2) is 24.9. The molecular weight excluding hydrogens is 1490 g/mol. The lowest BCUT2D eigenvalue weighted by Gasteiger charge is -2.23. The summed E-state index contributed by atoms with van der Waals surface area (Å²) in [5.41, 5.74) is -62.0. The van der Waals surface area contributed by atoms with E-state index in [1.54, 1.807) is 0 Å². The summed E-state index contributed by atoms with van der Waals surface area (Å²) in [4.78, 5) is 0. The third-order valence-corrected chi connectivity index (χ3v) is 15.0. The third-order valence-electron chi connectivity index (χ3n) is 15.0. The van der Waals surface area contributed by atoms with Crippen molar-refractivity contribution in [2.75, 3.05) is 0 Å². The van der Waals surface area contributed by atoms with Crippen molar-refractivity contribution in [1.29, 1.82) is 0 Å². The first kappa shape index (κ1) is 73.1. The van der Waals surface area contributed by atoms with Gasteiger partial charge < -0.3 is 0 Å². The monoisotopic (exact) mass is 1500 g/mol. The number of benzene rings is 10. The molecule has 0 fully saturated rings. The lowest BCUT2D eigenvalue weighted by Crippen LogP contribution is -2.14. The van der Waals surface area contributed by atoms with Gasteiger partial charge >= 0.3 is 0 Å². The van der Waals surface area contributed by atoms with E-state index in [0.717, 1.165) is 0 Å². The highest BCUT2D eigenvalue weighted by Gasteiger charge is 2.45. The molecule has 0 spiro atoms. The summed E-state index contributed by atoms with van der Waals surface area (Å²) in [7, 11) is 0. The van der Waals surface area contributed by atoms with Gasteiger partial charge in [-0.3, -0.25) is 0 Å². The molecule has 40 heteroatoms. The maximum Gasteiger partial charge on any atom is 0.200 e. The van der Waals surface area contributed by atoms with Gasteiger partial charge in [0.15, 0.2) is 175 Å².